The minimum atomic E-state index is -1.10. The smallest absolute Gasteiger partial charge is 0.336 e. The normalized spacial score (nSPS) is 18.8. The second kappa shape index (κ2) is 6.33. The van der Waals surface area contributed by atoms with Gasteiger partial charge in [0.1, 0.15) is 0 Å². The van der Waals surface area contributed by atoms with Crippen molar-refractivity contribution in [1.29, 1.82) is 0 Å². The molecule has 1 atom stereocenters. The van der Waals surface area contributed by atoms with E-state index in [1.807, 2.05) is 0 Å². The molecule has 1 amide bonds. The van der Waals surface area contributed by atoms with Crippen LogP contribution in [-0.2, 0) is 4.74 Å². The monoisotopic (exact) mass is 263 g/mol. The van der Waals surface area contributed by atoms with Crippen LogP contribution in [0.4, 0.5) is 0 Å². The van der Waals surface area contributed by atoms with Gasteiger partial charge in [-0.15, -0.1) is 0 Å². The van der Waals surface area contributed by atoms with Crippen LogP contribution in [-0.4, -0.2) is 36.2 Å². The third kappa shape index (κ3) is 3.54. The van der Waals surface area contributed by atoms with Crippen molar-refractivity contribution in [3.05, 3.63) is 35.4 Å². The third-order valence-electron chi connectivity index (χ3n) is 3.17. The van der Waals surface area contributed by atoms with Crippen LogP contribution >= 0.6 is 0 Å². The molecular formula is C14H17NO4. The minimum absolute atomic E-state index is 0.0181. The Bertz CT molecular complexity index is 466. The van der Waals surface area contributed by atoms with Crippen LogP contribution in [0, 0.1) is 0 Å². The second-order valence-electron chi connectivity index (χ2n) is 4.55. The van der Waals surface area contributed by atoms with Gasteiger partial charge >= 0.3 is 5.97 Å². The molecule has 102 valence electrons. The second-order valence-corrected chi connectivity index (χ2v) is 4.55. The molecular weight excluding hydrogens is 246 g/mol. The Balaban J connectivity index is 1.97. The van der Waals surface area contributed by atoms with Crippen LogP contribution in [0.5, 0.6) is 0 Å². The summed E-state index contributed by atoms with van der Waals surface area (Å²) in [6.07, 6.45) is 3.13. The van der Waals surface area contributed by atoms with Gasteiger partial charge in [-0.25, -0.2) is 4.79 Å². The zero-order valence-corrected chi connectivity index (χ0v) is 10.6. The zero-order chi connectivity index (χ0) is 13.7. The molecule has 5 heteroatoms. The van der Waals surface area contributed by atoms with Crippen LogP contribution < -0.4 is 5.32 Å². The van der Waals surface area contributed by atoms with Gasteiger partial charge < -0.3 is 15.2 Å². The predicted molar refractivity (Wildman–Crippen MR) is 69.3 cm³/mol. The van der Waals surface area contributed by atoms with Gasteiger partial charge in [0.05, 0.1) is 17.2 Å². The number of carbonyl (C=O) groups is 2. The summed E-state index contributed by atoms with van der Waals surface area (Å²) in [5.74, 6) is -1.47. The van der Waals surface area contributed by atoms with E-state index < -0.39 is 5.97 Å². The number of aromatic carboxylic acids is 1. The van der Waals surface area contributed by atoms with Gasteiger partial charge in [0, 0.05) is 13.2 Å². The standard InChI is InChI=1S/C14H17NO4/c16-13(15-9-10-5-3-4-8-19-10)11-6-1-2-7-12(11)14(17)18/h1-2,6-7,10H,3-5,8-9H2,(H,15,16)(H,17,18). The molecule has 1 saturated heterocycles. The molecule has 0 saturated carbocycles. The fourth-order valence-electron chi connectivity index (χ4n) is 2.14. The lowest BCUT2D eigenvalue weighted by Gasteiger charge is -2.22. The van der Waals surface area contributed by atoms with Crippen molar-refractivity contribution >= 4 is 11.9 Å². The lowest BCUT2D eigenvalue weighted by molar-refractivity contribution is 0.0169. The number of carboxylic acids is 1. The fourth-order valence-corrected chi connectivity index (χ4v) is 2.14. The Morgan fingerprint density at radius 1 is 1.26 bits per heavy atom. The summed E-state index contributed by atoms with van der Waals surface area (Å²) < 4.78 is 5.51. The van der Waals surface area contributed by atoms with Crippen LogP contribution in [0.15, 0.2) is 24.3 Å². The van der Waals surface area contributed by atoms with E-state index in [4.69, 9.17) is 9.84 Å². The van der Waals surface area contributed by atoms with Gasteiger partial charge in [0.15, 0.2) is 0 Å². The molecule has 1 heterocycles. The van der Waals surface area contributed by atoms with Gasteiger partial charge in [0.25, 0.3) is 5.91 Å². The molecule has 0 spiro atoms. The van der Waals surface area contributed by atoms with Gasteiger partial charge in [-0.2, -0.15) is 0 Å². The zero-order valence-electron chi connectivity index (χ0n) is 10.6. The highest BCUT2D eigenvalue weighted by Gasteiger charge is 2.18. The average Bonchev–Trinajstić information content (AvgIpc) is 2.46. The number of benzene rings is 1. The number of nitrogens with one attached hydrogen (secondary N) is 1. The van der Waals surface area contributed by atoms with E-state index in [0.717, 1.165) is 25.9 Å². The minimum Gasteiger partial charge on any atom is -0.478 e. The molecule has 19 heavy (non-hydrogen) atoms. The van der Waals surface area contributed by atoms with Crippen molar-refractivity contribution in [3.63, 3.8) is 0 Å². The third-order valence-corrected chi connectivity index (χ3v) is 3.17. The highest BCUT2D eigenvalue weighted by Crippen LogP contribution is 2.12. The molecule has 1 aliphatic rings. The molecule has 2 rings (SSSR count). The Labute approximate surface area is 111 Å². The maximum Gasteiger partial charge on any atom is 0.336 e. The quantitative estimate of drug-likeness (QED) is 0.866. The molecule has 5 nitrogen and oxygen atoms in total. The van der Waals surface area contributed by atoms with Crippen LogP contribution in [0.3, 0.4) is 0 Å². The van der Waals surface area contributed by atoms with Crippen LogP contribution in [0.25, 0.3) is 0 Å². The molecule has 0 radical (unpaired) electrons. The van der Waals surface area contributed by atoms with Crippen molar-refractivity contribution < 1.29 is 19.4 Å². The highest BCUT2D eigenvalue weighted by molar-refractivity contribution is 6.04. The van der Waals surface area contributed by atoms with Gasteiger partial charge in [-0.1, -0.05) is 12.1 Å². The van der Waals surface area contributed by atoms with E-state index in [9.17, 15) is 9.59 Å². The van der Waals surface area contributed by atoms with Gasteiger partial charge in [-0.3, -0.25) is 4.79 Å². The number of hydrogen-bond acceptors (Lipinski definition) is 3. The molecule has 0 aromatic heterocycles. The number of amides is 1. The van der Waals surface area contributed by atoms with Crippen molar-refractivity contribution in [3.8, 4) is 0 Å². The molecule has 2 N–H and O–H groups in total. The number of carbonyl (C=O) groups excluding carboxylic acids is 1. The summed E-state index contributed by atoms with van der Waals surface area (Å²) in [4.78, 5) is 23.0. The number of rotatable bonds is 4. The van der Waals surface area contributed by atoms with Crippen LogP contribution in [0.2, 0.25) is 0 Å². The maximum absolute atomic E-state index is 12.0. The highest BCUT2D eigenvalue weighted by atomic mass is 16.5. The van der Waals surface area contributed by atoms with Gasteiger partial charge in [-0.05, 0) is 31.4 Å². The predicted octanol–water partition coefficient (Wildman–Crippen LogP) is 1.68. The molecule has 1 aliphatic heterocycles. The first-order valence-corrected chi connectivity index (χ1v) is 6.40. The van der Waals surface area contributed by atoms with E-state index in [1.54, 1.807) is 12.1 Å². The summed E-state index contributed by atoms with van der Waals surface area (Å²) >= 11 is 0. The molecule has 1 aromatic carbocycles. The van der Waals surface area contributed by atoms with E-state index in [2.05, 4.69) is 5.32 Å². The lowest BCUT2D eigenvalue weighted by atomic mass is 10.1. The first-order valence-electron chi connectivity index (χ1n) is 6.40. The Morgan fingerprint density at radius 3 is 2.63 bits per heavy atom. The first-order chi connectivity index (χ1) is 9.18. The van der Waals surface area contributed by atoms with Crippen molar-refractivity contribution in [2.75, 3.05) is 13.2 Å². The molecule has 0 bridgehead atoms. The molecule has 0 aliphatic carbocycles. The average molecular weight is 263 g/mol. The summed E-state index contributed by atoms with van der Waals surface area (Å²) in [6, 6.07) is 6.19. The van der Waals surface area contributed by atoms with Crippen molar-refractivity contribution in [2.24, 2.45) is 0 Å². The Kier molecular flexibility index (Phi) is 4.52. The summed E-state index contributed by atoms with van der Waals surface area (Å²) in [6.45, 7) is 1.15. The van der Waals surface area contributed by atoms with Crippen LogP contribution in [0.1, 0.15) is 40.0 Å². The van der Waals surface area contributed by atoms with Crippen molar-refractivity contribution in [2.45, 2.75) is 25.4 Å². The number of ether oxygens (including phenoxy) is 1. The largest absolute Gasteiger partial charge is 0.478 e. The Morgan fingerprint density at radius 2 is 2.00 bits per heavy atom. The fraction of sp³-hybridized carbons (Fsp3) is 0.429. The SMILES string of the molecule is O=C(O)c1ccccc1C(=O)NCC1CCCCO1. The summed E-state index contributed by atoms with van der Waals surface area (Å²) in [7, 11) is 0. The molecule has 1 unspecified atom stereocenters. The van der Waals surface area contributed by atoms with E-state index in [1.165, 1.54) is 12.1 Å². The van der Waals surface area contributed by atoms with E-state index in [0.29, 0.717) is 6.54 Å². The molecule has 1 aromatic rings. The van der Waals surface area contributed by atoms with E-state index >= 15 is 0 Å². The Hall–Kier alpha value is -1.88. The summed E-state index contributed by atoms with van der Waals surface area (Å²) in [5, 5.41) is 11.8. The van der Waals surface area contributed by atoms with Gasteiger partial charge in [0.2, 0.25) is 0 Å². The lowest BCUT2D eigenvalue weighted by Crippen LogP contribution is -2.36. The number of hydrogen-bond donors (Lipinski definition) is 2. The topological polar surface area (TPSA) is 75.6 Å². The van der Waals surface area contributed by atoms with Crippen molar-refractivity contribution in [1.82, 2.24) is 5.32 Å². The number of carboxylic acid groups (broad SMARTS) is 1. The summed E-state index contributed by atoms with van der Waals surface area (Å²) in [5.41, 5.74) is 0.204. The van der Waals surface area contributed by atoms with E-state index in [-0.39, 0.29) is 23.1 Å². The first kappa shape index (κ1) is 13.5. The maximum atomic E-state index is 12.0. The molecule has 1 fully saturated rings.